The van der Waals surface area contributed by atoms with Crippen molar-refractivity contribution >= 4 is 23.0 Å². The van der Waals surface area contributed by atoms with Crippen molar-refractivity contribution in [2.24, 2.45) is 0 Å². The molecule has 4 rings (SSSR count). The average Bonchev–Trinajstić information content (AvgIpc) is 3.36. The number of hydrogen-bond donors (Lipinski definition) is 2. The van der Waals surface area contributed by atoms with Crippen LogP contribution in [-0.2, 0) is 5.41 Å². The average molecular weight is 487 g/mol. The van der Waals surface area contributed by atoms with Crippen LogP contribution in [0.5, 0.6) is 0 Å². The predicted molar refractivity (Wildman–Crippen MR) is 136 cm³/mol. The fourth-order valence-electron chi connectivity index (χ4n) is 3.44. The Bertz CT molecular complexity index is 1380. The molecule has 0 saturated carbocycles. The molecule has 0 fully saturated rings. The van der Waals surface area contributed by atoms with E-state index in [0.29, 0.717) is 23.1 Å². The van der Waals surface area contributed by atoms with E-state index in [4.69, 9.17) is 4.52 Å². The van der Waals surface area contributed by atoms with E-state index in [0.717, 1.165) is 11.3 Å². The molecule has 2 heterocycles. The standard InChI is InChI=1S/C26H26N6O4/c1-16(20-7-5-6-14-27-20)28-21-13-10-18(15-22(21)32(34)35)24(33)29-19-11-8-17(9-12-19)23-30-25(36-31-23)26(2,3)4/h5-16,28H,1-4H3,(H,29,33). The lowest BCUT2D eigenvalue weighted by Crippen LogP contribution is -2.14. The van der Waals surface area contributed by atoms with Gasteiger partial charge in [-0.25, -0.2) is 0 Å². The maximum atomic E-state index is 12.8. The lowest BCUT2D eigenvalue weighted by Gasteiger charge is -2.15. The zero-order chi connectivity index (χ0) is 25.9. The molecule has 10 heteroatoms. The number of carbonyl (C=O) groups excluding carboxylic acids is 1. The highest BCUT2D eigenvalue weighted by Crippen LogP contribution is 2.30. The van der Waals surface area contributed by atoms with Crippen molar-refractivity contribution in [3.05, 3.63) is 94.1 Å². The fraction of sp³-hybridized carbons (Fsp3) is 0.231. The molecule has 4 aromatic rings. The number of carbonyl (C=O) groups is 1. The first-order valence-electron chi connectivity index (χ1n) is 11.3. The van der Waals surface area contributed by atoms with Gasteiger partial charge in [-0.3, -0.25) is 19.9 Å². The fourth-order valence-corrected chi connectivity index (χ4v) is 3.44. The number of aromatic nitrogens is 3. The third-order valence-electron chi connectivity index (χ3n) is 5.43. The molecule has 0 aliphatic rings. The lowest BCUT2D eigenvalue weighted by atomic mass is 9.97. The summed E-state index contributed by atoms with van der Waals surface area (Å²) in [5, 5.41) is 21.6. The van der Waals surface area contributed by atoms with Gasteiger partial charge < -0.3 is 15.2 Å². The summed E-state index contributed by atoms with van der Waals surface area (Å²) in [4.78, 5) is 32.7. The van der Waals surface area contributed by atoms with Crippen LogP contribution in [0.3, 0.4) is 0 Å². The third kappa shape index (κ3) is 5.54. The number of rotatable bonds is 7. The zero-order valence-electron chi connectivity index (χ0n) is 20.4. The molecule has 0 aliphatic heterocycles. The molecule has 0 saturated heterocycles. The smallest absolute Gasteiger partial charge is 0.293 e. The molecule has 0 aliphatic carbocycles. The number of benzene rings is 2. The van der Waals surface area contributed by atoms with Crippen molar-refractivity contribution in [1.29, 1.82) is 0 Å². The molecule has 0 radical (unpaired) electrons. The minimum absolute atomic E-state index is 0.162. The number of nitro benzene ring substituents is 1. The Kier molecular flexibility index (Phi) is 6.77. The topological polar surface area (TPSA) is 136 Å². The SMILES string of the molecule is CC(Nc1ccc(C(=O)Nc2ccc(-c3noc(C(C)(C)C)n3)cc2)cc1[N+](=O)[O-])c1ccccn1. The number of hydrogen-bond acceptors (Lipinski definition) is 8. The van der Waals surface area contributed by atoms with E-state index in [1.807, 2.05) is 39.8 Å². The number of nitro groups is 1. The summed E-state index contributed by atoms with van der Waals surface area (Å²) < 4.78 is 5.33. The number of anilines is 2. The van der Waals surface area contributed by atoms with Crippen molar-refractivity contribution in [2.45, 2.75) is 39.2 Å². The highest BCUT2D eigenvalue weighted by molar-refractivity contribution is 6.05. The largest absolute Gasteiger partial charge is 0.371 e. The monoisotopic (exact) mass is 486 g/mol. The normalized spacial score (nSPS) is 12.1. The lowest BCUT2D eigenvalue weighted by molar-refractivity contribution is -0.384. The van der Waals surface area contributed by atoms with Gasteiger partial charge in [0.05, 0.1) is 16.7 Å². The van der Waals surface area contributed by atoms with Crippen molar-refractivity contribution in [2.75, 3.05) is 10.6 Å². The van der Waals surface area contributed by atoms with Gasteiger partial charge >= 0.3 is 0 Å². The molecule has 2 aromatic carbocycles. The first-order valence-corrected chi connectivity index (χ1v) is 11.3. The molecule has 1 atom stereocenters. The Balaban J connectivity index is 1.48. The minimum atomic E-state index is -0.518. The van der Waals surface area contributed by atoms with Crippen LogP contribution in [0, 0.1) is 10.1 Å². The van der Waals surface area contributed by atoms with Gasteiger partial charge in [-0.05, 0) is 55.5 Å². The molecule has 1 unspecified atom stereocenters. The highest BCUT2D eigenvalue weighted by atomic mass is 16.6. The van der Waals surface area contributed by atoms with Gasteiger partial charge in [0.25, 0.3) is 11.6 Å². The zero-order valence-corrected chi connectivity index (χ0v) is 20.4. The highest BCUT2D eigenvalue weighted by Gasteiger charge is 2.23. The van der Waals surface area contributed by atoms with Crippen molar-refractivity contribution < 1.29 is 14.2 Å². The van der Waals surface area contributed by atoms with Gasteiger partial charge in [0.1, 0.15) is 5.69 Å². The number of pyridine rings is 1. The Hall–Kier alpha value is -4.60. The second-order valence-corrected chi connectivity index (χ2v) is 9.31. The van der Waals surface area contributed by atoms with Gasteiger partial charge in [-0.1, -0.05) is 32.0 Å². The van der Waals surface area contributed by atoms with Crippen molar-refractivity contribution in [3.8, 4) is 11.4 Å². The number of nitrogens with zero attached hydrogens (tertiary/aromatic N) is 4. The first-order chi connectivity index (χ1) is 17.1. The van der Waals surface area contributed by atoms with Gasteiger partial charge in [-0.15, -0.1) is 0 Å². The Labute approximate surface area is 207 Å². The van der Waals surface area contributed by atoms with Crippen LogP contribution < -0.4 is 10.6 Å². The molecule has 2 aromatic heterocycles. The van der Waals surface area contributed by atoms with Gasteiger partial charge in [0.15, 0.2) is 0 Å². The maximum Gasteiger partial charge on any atom is 0.293 e. The number of amides is 1. The Morgan fingerprint density at radius 2 is 1.83 bits per heavy atom. The molecule has 0 bridgehead atoms. The second kappa shape index (κ2) is 9.95. The van der Waals surface area contributed by atoms with Crippen LogP contribution in [0.15, 0.2) is 71.4 Å². The predicted octanol–water partition coefficient (Wildman–Crippen LogP) is 5.76. The van der Waals surface area contributed by atoms with Crippen LogP contribution >= 0.6 is 0 Å². The molecule has 0 spiro atoms. The van der Waals surface area contributed by atoms with Crippen LogP contribution in [0.4, 0.5) is 17.1 Å². The van der Waals surface area contributed by atoms with E-state index in [2.05, 4.69) is 25.8 Å². The second-order valence-electron chi connectivity index (χ2n) is 9.31. The molecular formula is C26H26N6O4. The van der Waals surface area contributed by atoms with Crippen LogP contribution in [0.25, 0.3) is 11.4 Å². The van der Waals surface area contributed by atoms with E-state index in [1.165, 1.54) is 18.2 Å². The van der Waals surface area contributed by atoms with Crippen molar-refractivity contribution in [3.63, 3.8) is 0 Å². The summed E-state index contributed by atoms with van der Waals surface area (Å²) in [6, 6.07) is 16.5. The van der Waals surface area contributed by atoms with E-state index in [-0.39, 0.29) is 22.7 Å². The summed E-state index contributed by atoms with van der Waals surface area (Å²) in [5.74, 6) is 0.519. The summed E-state index contributed by atoms with van der Waals surface area (Å²) in [6.45, 7) is 7.81. The summed E-state index contributed by atoms with van der Waals surface area (Å²) in [5.41, 5.74) is 2.00. The quantitative estimate of drug-likeness (QED) is 0.248. The molecular weight excluding hydrogens is 460 g/mol. The molecule has 184 valence electrons. The molecule has 36 heavy (non-hydrogen) atoms. The first kappa shape index (κ1) is 24.5. The van der Waals surface area contributed by atoms with Crippen LogP contribution in [-0.4, -0.2) is 26.0 Å². The van der Waals surface area contributed by atoms with E-state index >= 15 is 0 Å². The summed E-state index contributed by atoms with van der Waals surface area (Å²) in [7, 11) is 0. The van der Waals surface area contributed by atoms with E-state index in [9.17, 15) is 14.9 Å². The maximum absolute atomic E-state index is 12.8. The molecule has 1 amide bonds. The van der Waals surface area contributed by atoms with E-state index < -0.39 is 10.8 Å². The number of nitrogens with one attached hydrogen (secondary N) is 2. The summed E-state index contributed by atoms with van der Waals surface area (Å²) >= 11 is 0. The van der Waals surface area contributed by atoms with Crippen molar-refractivity contribution in [1.82, 2.24) is 15.1 Å². The van der Waals surface area contributed by atoms with Gasteiger partial charge in [0, 0.05) is 34.5 Å². The van der Waals surface area contributed by atoms with Crippen LogP contribution in [0.2, 0.25) is 0 Å². The van der Waals surface area contributed by atoms with Crippen LogP contribution in [0.1, 0.15) is 55.7 Å². The molecule has 2 N–H and O–H groups in total. The minimum Gasteiger partial charge on any atom is -0.371 e. The van der Waals surface area contributed by atoms with Gasteiger partial charge in [-0.2, -0.15) is 4.98 Å². The Morgan fingerprint density at radius 3 is 2.44 bits per heavy atom. The third-order valence-corrected chi connectivity index (χ3v) is 5.43. The van der Waals surface area contributed by atoms with E-state index in [1.54, 1.807) is 36.5 Å². The molecule has 10 nitrogen and oxygen atoms in total. The Morgan fingerprint density at radius 1 is 1.08 bits per heavy atom. The summed E-state index contributed by atoms with van der Waals surface area (Å²) in [6.07, 6.45) is 1.66. The van der Waals surface area contributed by atoms with Gasteiger partial charge in [0.2, 0.25) is 11.7 Å².